The van der Waals surface area contributed by atoms with Gasteiger partial charge in [-0.2, -0.15) is 13.2 Å². The van der Waals surface area contributed by atoms with Gasteiger partial charge in [0.15, 0.2) is 0 Å². The molecule has 0 aliphatic carbocycles. The topological polar surface area (TPSA) is 15.3 Å². The molecule has 1 atom stereocenters. The Morgan fingerprint density at radius 2 is 1.88 bits per heavy atom. The molecule has 2 nitrogen and oxygen atoms in total. The van der Waals surface area contributed by atoms with E-state index in [4.69, 9.17) is 0 Å². The van der Waals surface area contributed by atoms with E-state index in [2.05, 4.69) is 21.2 Å². The zero-order valence-electron chi connectivity index (χ0n) is 8.97. The number of anilines is 1. The highest BCUT2D eigenvalue weighted by atomic mass is 79.9. The molecular formula is C11H12BrF3N2. The summed E-state index contributed by atoms with van der Waals surface area (Å²) in [5.41, 5.74) is 0.608. The lowest BCUT2D eigenvalue weighted by Crippen LogP contribution is -2.58. The molecule has 1 aromatic rings. The maximum atomic E-state index is 12.9. The van der Waals surface area contributed by atoms with Crippen molar-refractivity contribution >= 4 is 21.6 Å². The van der Waals surface area contributed by atoms with E-state index in [1.807, 2.05) is 0 Å². The zero-order valence-corrected chi connectivity index (χ0v) is 10.6. The first kappa shape index (κ1) is 12.7. The van der Waals surface area contributed by atoms with Gasteiger partial charge in [0.2, 0.25) is 0 Å². The van der Waals surface area contributed by atoms with Crippen molar-refractivity contribution in [1.82, 2.24) is 5.32 Å². The molecule has 1 aliphatic heterocycles. The average molecular weight is 309 g/mol. The number of nitrogens with zero attached hydrogens (tertiary/aromatic N) is 1. The summed E-state index contributed by atoms with van der Waals surface area (Å²) in [7, 11) is 0. The third-order valence-electron chi connectivity index (χ3n) is 2.78. The van der Waals surface area contributed by atoms with Gasteiger partial charge in [-0.3, -0.25) is 0 Å². The minimum Gasteiger partial charge on any atom is -0.357 e. The van der Waals surface area contributed by atoms with E-state index in [9.17, 15) is 13.2 Å². The van der Waals surface area contributed by atoms with E-state index in [0.29, 0.717) is 18.8 Å². The maximum Gasteiger partial charge on any atom is 0.409 e. The predicted molar refractivity (Wildman–Crippen MR) is 64.2 cm³/mol. The fourth-order valence-electron chi connectivity index (χ4n) is 1.94. The van der Waals surface area contributed by atoms with Crippen LogP contribution in [0.5, 0.6) is 0 Å². The van der Waals surface area contributed by atoms with Gasteiger partial charge in [0.25, 0.3) is 0 Å². The lowest BCUT2D eigenvalue weighted by Gasteiger charge is -2.38. The molecule has 0 bridgehead atoms. The molecule has 1 heterocycles. The van der Waals surface area contributed by atoms with Gasteiger partial charge in [0.05, 0.1) is 0 Å². The molecule has 0 saturated carbocycles. The second kappa shape index (κ2) is 4.86. The fraction of sp³-hybridized carbons (Fsp3) is 0.455. The number of alkyl halides is 3. The van der Waals surface area contributed by atoms with Crippen molar-refractivity contribution in [2.24, 2.45) is 0 Å². The second-order valence-corrected chi connectivity index (χ2v) is 4.85. The zero-order chi connectivity index (χ0) is 12.5. The molecule has 6 heteroatoms. The van der Waals surface area contributed by atoms with Crippen LogP contribution in [-0.4, -0.2) is 31.9 Å². The second-order valence-electron chi connectivity index (χ2n) is 3.93. The molecule has 1 aliphatic rings. The van der Waals surface area contributed by atoms with Crippen LogP contribution < -0.4 is 10.2 Å². The van der Waals surface area contributed by atoms with E-state index in [1.165, 1.54) is 4.90 Å². The Labute approximate surface area is 106 Å². The first-order chi connectivity index (χ1) is 7.98. The summed E-state index contributed by atoms with van der Waals surface area (Å²) in [6, 6.07) is 5.47. The summed E-state index contributed by atoms with van der Waals surface area (Å²) in [5.74, 6) is 0. The van der Waals surface area contributed by atoms with Crippen LogP contribution in [0.15, 0.2) is 28.7 Å². The highest BCUT2D eigenvalue weighted by Gasteiger charge is 2.44. The number of piperazine rings is 1. The summed E-state index contributed by atoms with van der Waals surface area (Å²) >= 11 is 3.27. The lowest BCUT2D eigenvalue weighted by molar-refractivity contribution is -0.149. The third-order valence-corrected chi connectivity index (χ3v) is 3.31. The van der Waals surface area contributed by atoms with Crippen LogP contribution in [0.4, 0.5) is 18.9 Å². The summed E-state index contributed by atoms with van der Waals surface area (Å²) in [6.45, 7) is 0.883. The van der Waals surface area contributed by atoms with Crippen molar-refractivity contribution < 1.29 is 13.2 Å². The number of hydrogen-bond acceptors (Lipinski definition) is 2. The van der Waals surface area contributed by atoms with Crippen LogP contribution in [0.25, 0.3) is 0 Å². The van der Waals surface area contributed by atoms with Crippen molar-refractivity contribution in [3.8, 4) is 0 Å². The van der Waals surface area contributed by atoms with Crippen molar-refractivity contribution in [1.29, 1.82) is 0 Å². The average Bonchev–Trinajstić information content (AvgIpc) is 2.29. The van der Waals surface area contributed by atoms with Crippen molar-refractivity contribution in [3.63, 3.8) is 0 Å². The molecule has 1 aromatic carbocycles. The van der Waals surface area contributed by atoms with Crippen molar-refractivity contribution in [2.45, 2.75) is 12.2 Å². The molecule has 1 N–H and O–H groups in total. The van der Waals surface area contributed by atoms with Crippen LogP contribution in [0.1, 0.15) is 0 Å². The van der Waals surface area contributed by atoms with Crippen molar-refractivity contribution in [2.75, 3.05) is 24.5 Å². The smallest absolute Gasteiger partial charge is 0.357 e. The molecule has 1 fully saturated rings. The fourth-order valence-corrected chi connectivity index (χ4v) is 2.20. The highest BCUT2D eigenvalue weighted by molar-refractivity contribution is 9.10. The Kier molecular flexibility index (Phi) is 3.63. The summed E-state index contributed by atoms with van der Waals surface area (Å²) in [5, 5.41) is 2.78. The summed E-state index contributed by atoms with van der Waals surface area (Å²) in [6.07, 6.45) is -4.21. The Morgan fingerprint density at radius 1 is 1.24 bits per heavy atom. The van der Waals surface area contributed by atoms with Gasteiger partial charge in [-0.25, -0.2) is 0 Å². The molecule has 0 aromatic heterocycles. The Hall–Kier alpha value is -0.750. The highest BCUT2D eigenvalue weighted by Crippen LogP contribution is 2.30. The molecule has 0 amide bonds. The molecule has 0 radical (unpaired) electrons. The number of nitrogens with one attached hydrogen (secondary N) is 1. The van der Waals surface area contributed by atoms with Gasteiger partial charge in [0.1, 0.15) is 6.04 Å². The first-order valence-corrected chi connectivity index (χ1v) is 6.07. The molecule has 0 spiro atoms. The molecule has 17 heavy (non-hydrogen) atoms. The minimum absolute atomic E-state index is 0.0560. The summed E-state index contributed by atoms with van der Waals surface area (Å²) < 4.78 is 39.5. The first-order valence-electron chi connectivity index (χ1n) is 5.28. The summed E-state index contributed by atoms with van der Waals surface area (Å²) in [4.78, 5) is 1.41. The molecule has 1 saturated heterocycles. The van der Waals surface area contributed by atoms with Gasteiger partial charge >= 0.3 is 6.18 Å². The predicted octanol–water partition coefficient (Wildman–Crippen LogP) is 2.79. The number of halogens is 4. The number of benzene rings is 1. The Bertz CT molecular complexity index is 377. The van der Waals surface area contributed by atoms with Gasteiger partial charge in [-0.1, -0.05) is 15.9 Å². The van der Waals surface area contributed by atoms with Crippen LogP contribution >= 0.6 is 15.9 Å². The normalized spacial score (nSPS) is 21.6. The van der Waals surface area contributed by atoms with Gasteiger partial charge in [0, 0.05) is 29.8 Å². The van der Waals surface area contributed by atoms with E-state index in [0.717, 1.165) is 4.47 Å². The molecule has 1 unspecified atom stereocenters. The lowest BCUT2D eigenvalue weighted by atomic mass is 10.1. The Morgan fingerprint density at radius 3 is 2.47 bits per heavy atom. The standard InChI is InChI=1S/C11H12BrF3N2/c12-8-1-3-9(4-2-8)17-6-5-16-7-10(17)11(13,14)15/h1-4,10,16H,5-7H2. The molecule has 2 rings (SSSR count). The Balaban J connectivity index is 2.25. The quantitative estimate of drug-likeness (QED) is 0.858. The monoisotopic (exact) mass is 308 g/mol. The minimum atomic E-state index is -4.21. The number of rotatable bonds is 1. The van der Waals surface area contributed by atoms with Crippen molar-refractivity contribution in [3.05, 3.63) is 28.7 Å². The van der Waals surface area contributed by atoms with E-state index in [-0.39, 0.29) is 6.54 Å². The van der Waals surface area contributed by atoms with Gasteiger partial charge < -0.3 is 10.2 Å². The van der Waals surface area contributed by atoms with Crippen LogP contribution in [0, 0.1) is 0 Å². The molecule has 94 valence electrons. The third kappa shape index (κ3) is 2.93. The van der Waals surface area contributed by atoms with Gasteiger partial charge in [-0.15, -0.1) is 0 Å². The van der Waals surface area contributed by atoms with Crippen LogP contribution in [0.2, 0.25) is 0 Å². The van der Waals surface area contributed by atoms with Crippen LogP contribution in [-0.2, 0) is 0 Å². The van der Waals surface area contributed by atoms with Gasteiger partial charge in [-0.05, 0) is 24.3 Å². The van der Waals surface area contributed by atoms with Crippen LogP contribution in [0.3, 0.4) is 0 Å². The van der Waals surface area contributed by atoms with E-state index >= 15 is 0 Å². The van der Waals surface area contributed by atoms with E-state index in [1.54, 1.807) is 24.3 Å². The van der Waals surface area contributed by atoms with E-state index < -0.39 is 12.2 Å². The SMILES string of the molecule is FC(F)(F)C1CNCCN1c1ccc(Br)cc1. The number of hydrogen-bond donors (Lipinski definition) is 1. The molecular weight excluding hydrogens is 297 g/mol. The maximum absolute atomic E-state index is 12.9. The largest absolute Gasteiger partial charge is 0.409 e.